The Morgan fingerprint density at radius 1 is 1.50 bits per heavy atom. The standard InChI is InChI=1S/C10H12N2O2/c1-8-5-3-4-6-9(8)7-11-12-10(13)14-2/h3-7H,1-2H3,(H,12,13). The van der Waals surface area contributed by atoms with Gasteiger partial charge in [-0.15, -0.1) is 0 Å². The lowest BCUT2D eigenvalue weighted by atomic mass is 10.1. The number of benzene rings is 1. The van der Waals surface area contributed by atoms with Crippen molar-refractivity contribution < 1.29 is 9.53 Å². The van der Waals surface area contributed by atoms with Crippen LogP contribution >= 0.6 is 0 Å². The molecule has 1 aromatic carbocycles. The number of carbonyl (C=O) groups is 1. The predicted molar refractivity (Wildman–Crippen MR) is 54.3 cm³/mol. The van der Waals surface area contributed by atoms with E-state index in [-0.39, 0.29) is 0 Å². The Balaban J connectivity index is 2.60. The SMILES string of the molecule is COC(=O)NN=Cc1ccccc1C. The Hall–Kier alpha value is -1.84. The number of ether oxygens (including phenoxy) is 1. The zero-order valence-electron chi connectivity index (χ0n) is 8.15. The highest BCUT2D eigenvalue weighted by Gasteiger charge is 1.94. The van der Waals surface area contributed by atoms with E-state index >= 15 is 0 Å². The molecule has 0 unspecified atom stereocenters. The number of hydrogen-bond donors (Lipinski definition) is 1. The second-order valence-corrected chi connectivity index (χ2v) is 2.72. The Morgan fingerprint density at radius 2 is 2.21 bits per heavy atom. The second kappa shape index (κ2) is 5.01. The van der Waals surface area contributed by atoms with Crippen LogP contribution in [0.5, 0.6) is 0 Å². The van der Waals surface area contributed by atoms with Crippen LogP contribution in [0.25, 0.3) is 0 Å². The highest BCUT2D eigenvalue weighted by atomic mass is 16.5. The first-order chi connectivity index (χ1) is 6.74. The fourth-order valence-corrected chi connectivity index (χ4v) is 0.932. The van der Waals surface area contributed by atoms with Gasteiger partial charge in [0.15, 0.2) is 0 Å². The van der Waals surface area contributed by atoms with Gasteiger partial charge in [0, 0.05) is 0 Å². The molecule has 0 heterocycles. The number of aryl methyl sites for hydroxylation is 1. The summed E-state index contributed by atoms with van der Waals surface area (Å²) in [7, 11) is 1.29. The molecule has 1 N–H and O–H groups in total. The number of nitrogens with one attached hydrogen (secondary N) is 1. The third kappa shape index (κ3) is 2.90. The molecule has 4 nitrogen and oxygen atoms in total. The molecule has 0 saturated carbocycles. The van der Waals surface area contributed by atoms with Crippen molar-refractivity contribution in [1.29, 1.82) is 0 Å². The summed E-state index contributed by atoms with van der Waals surface area (Å²) in [5.41, 5.74) is 4.28. The maximum Gasteiger partial charge on any atom is 0.427 e. The molecule has 1 aromatic rings. The van der Waals surface area contributed by atoms with E-state index in [1.165, 1.54) is 7.11 Å². The molecular weight excluding hydrogens is 180 g/mol. The maximum absolute atomic E-state index is 10.6. The quantitative estimate of drug-likeness (QED) is 0.572. The zero-order chi connectivity index (χ0) is 10.4. The first-order valence-electron chi connectivity index (χ1n) is 4.16. The van der Waals surface area contributed by atoms with Gasteiger partial charge in [0.2, 0.25) is 0 Å². The molecule has 0 radical (unpaired) electrons. The molecule has 4 heteroatoms. The molecule has 1 rings (SSSR count). The molecule has 0 aliphatic heterocycles. The molecule has 0 spiro atoms. The first kappa shape index (κ1) is 10.2. The molecule has 0 saturated heterocycles. The van der Waals surface area contributed by atoms with Gasteiger partial charge < -0.3 is 4.74 Å². The lowest BCUT2D eigenvalue weighted by Crippen LogP contribution is -2.16. The fourth-order valence-electron chi connectivity index (χ4n) is 0.932. The third-order valence-corrected chi connectivity index (χ3v) is 1.73. The number of hydrogen-bond acceptors (Lipinski definition) is 3. The van der Waals surface area contributed by atoms with Crippen LogP contribution in [-0.4, -0.2) is 19.4 Å². The largest absolute Gasteiger partial charge is 0.452 e. The van der Waals surface area contributed by atoms with E-state index in [1.54, 1.807) is 6.21 Å². The summed E-state index contributed by atoms with van der Waals surface area (Å²) in [4.78, 5) is 10.6. The molecule has 0 fully saturated rings. The van der Waals surface area contributed by atoms with Crippen LogP contribution < -0.4 is 5.43 Å². The summed E-state index contributed by atoms with van der Waals surface area (Å²) in [6.45, 7) is 1.97. The highest BCUT2D eigenvalue weighted by molar-refractivity contribution is 5.82. The van der Waals surface area contributed by atoms with Crippen LogP contribution in [0, 0.1) is 6.92 Å². The number of hydrazone groups is 1. The Labute approximate surface area is 82.6 Å². The maximum atomic E-state index is 10.6. The molecule has 74 valence electrons. The van der Waals surface area contributed by atoms with Gasteiger partial charge >= 0.3 is 6.09 Å². The monoisotopic (exact) mass is 192 g/mol. The summed E-state index contributed by atoms with van der Waals surface area (Å²) < 4.78 is 4.35. The third-order valence-electron chi connectivity index (χ3n) is 1.73. The van der Waals surface area contributed by atoms with E-state index < -0.39 is 6.09 Å². The fraction of sp³-hybridized carbons (Fsp3) is 0.200. The van der Waals surface area contributed by atoms with Gasteiger partial charge in [-0.1, -0.05) is 24.3 Å². The van der Waals surface area contributed by atoms with Crippen molar-refractivity contribution in [1.82, 2.24) is 5.43 Å². The molecule has 0 bridgehead atoms. The van der Waals surface area contributed by atoms with Crippen LogP contribution in [-0.2, 0) is 4.74 Å². The van der Waals surface area contributed by atoms with Gasteiger partial charge in [0.05, 0.1) is 13.3 Å². The Kier molecular flexibility index (Phi) is 3.67. The second-order valence-electron chi connectivity index (χ2n) is 2.72. The Bertz CT molecular complexity index is 348. The van der Waals surface area contributed by atoms with Crippen LogP contribution in [0.3, 0.4) is 0 Å². The van der Waals surface area contributed by atoms with Crippen molar-refractivity contribution in [2.45, 2.75) is 6.92 Å². The molecule has 1 amide bonds. The number of rotatable bonds is 2. The van der Waals surface area contributed by atoms with Gasteiger partial charge in [-0.3, -0.25) is 0 Å². The molecule has 0 atom stereocenters. The average molecular weight is 192 g/mol. The zero-order valence-corrected chi connectivity index (χ0v) is 8.15. The van der Waals surface area contributed by atoms with Crippen molar-refractivity contribution in [3.05, 3.63) is 35.4 Å². The van der Waals surface area contributed by atoms with Gasteiger partial charge in [0.25, 0.3) is 0 Å². The molecule has 0 aliphatic carbocycles. The summed E-state index contributed by atoms with van der Waals surface area (Å²) >= 11 is 0. The van der Waals surface area contributed by atoms with Crippen LogP contribution in [0.1, 0.15) is 11.1 Å². The molecular formula is C10H12N2O2. The lowest BCUT2D eigenvalue weighted by molar-refractivity contribution is 0.171. The minimum Gasteiger partial charge on any atom is -0.452 e. The van der Waals surface area contributed by atoms with Gasteiger partial charge in [0.1, 0.15) is 0 Å². The first-order valence-corrected chi connectivity index (χ1v) is 4.16. The van der Waals surface area contributed by atoms with E-state index in [0.717, 1.165) is 11.1 Å². The predicted octanol–water partition coefficient (Wildman–Crippen LogP) is 1.68. The van der Waals surface area contributed by atoms with E-state index in [2.05, 4.69) is 15.3 Å². The molecule has 0 aromatic heterocycles. The van der Waals surface area contributed by atoms with Crippen molar-refractivity contribution >= 4 is 12.3 Å². The summed E-state index contributed by atoms with van der Waals surface area (Å²) in [5, 5.41) is 3.72. The molecule has 0 aliphatic rings. The molecule has 14 heavy (non-hydrogen) atoms. The number of carbonyl (C=O) groups excluding carboxylic acids is 1. The lowest BCUT2D eigenvalue weighted by Gasteiger charge is -1.98. The number of amides is 1. The number of methoxy groups -OCH3 is 1. The van der Waals surface area contributed by atoms with Gasteiger partial charge in [-0.25, -0.2) is 10.2 Å². The highest BCUT2D eigenvalue weighted by Crippen LogP contribution is 2.02. The van der Waals surface area contributed by atoms with Gasteiger partial charge in [-0.2, -0.15) is 5.10 Å². The van der Waals surface area contributed by atoms with Crippen LogP contribution in [0.15, 0.2) is 29.4 Å². The van der Waals surface area contributed by atoms with Crippen molar-refractivity contribution in [3.63, 3.8) is 0 Å². The van der Waals surface area contributed by atoms with Gasteiger partial charge in [-0.05, 0) is 18.1 Å². The smallest absolute Gasteiger partial charge is 0.427 e. The normalized spacial score (nSPS) is 10.1. The topological polar surface area (TPSA) is 50.7 Å². The van der Waals surface area contributed by atoms with Crippen molar-refractivity contribution in [3.8, 4) is 0 Å². The minimum atomic E-state index is -0.574. The summed E-state index contributed by atoms with van der Waals surface area (Å²) in [6.07, 6.45) is 1.00. The van der Waals surface area contributed by atoms with Crippen molar-refractivity contribution in [2.24, 2.45) is 5.10 Å². The van der Waals surface area contributed by atoms with E-state index in [0.29, 0.717) is 0 Å². The van der Waals surface area contributed by atoms with E-state index in [1.807, 2.05) is 31.2 Å². The van der Waals surface area contributed by atoms with Crippen LogP contribution in [0.4, 0.5) is 4.79 Å². The summed E-state index contributed by atoms with van der Waals surface area (Å²) in [6, 6.07) is 7.74. The Morgan fingerprint density at radius 3 is 2.86 bits per heavy atom. The van der Waals surface area contributed by atoms with Crippen LogP contribution in [0.2, 0.25) is 0 Å². The van der Waals surface area contributed by atoms with E-state index in [4.69, 9.17) is 0 Å². The minimum absolute atomic E-state index is 0.574. The van der Waals surface area contributed by atoms with Crippen molar-refractivity contribution in [2.75, 3.05) is 7.11 Å². The average Bonchev–Trinajstić information content (AvgIpc) is 2.20. The van der Waals surface area contributed by atoms with E-state index in [9.17, 15) is 4.79 Å². The summed E-state index contributed by atoms with van der Waals surface area (Å²) in [5.74, 6) is 0. The number of nitrogens with zero attached hydrogens (tertiary/aromatic N) is 1.